The second-order valence-electron chi connectivity index (χ2n) is 4.88. The average Bonchev–Trinajstić information content (AvgIpc) is 3.22. The number of nitrogens with one attached hydrogen (secondary N) is 1. The summed E-state index contributed by atoms with van der Waals surface area (Å²) in [7, 11) is 0. The van der Waals surface area contributed by atoms with Crippen LogP contribution in [-0.2, 0) is 0 Å². The van der Waals surface area contributed by atoms with Crippen LogP contribution in [0.25, 0.3) is 34.0 Å². The minimum atomic E-state index is -2.95. The van der Waals surface area contributed by atoms with E-state index in [0.717, 1.165) is 4.47 Å². The highest BCUT2D eigenvalue weighted by atomic mass is 79.9. The fourth-order valence-corrected chi connectivity index (χ4v) is 2.86. The zero-order valence-electron chi connectivity index (χ0n) is 12.3. The molecule has 0 atom stereocenters. The lowest BCUT2D eigenvalue weighted by molar-refractivity contribution is -0.0494. The number of rotatable bonds is 4. The predicted octanol–water partition coefficient (Wildman–Crippen LogP) is 4.04. The molecule has 0 aliphatic rings. The maximum atomic E-state index is 12.6. The second kappa shape index (κ2) is 6.20. The van der Waals surface area contributed by atoms with Crippen molar-refractivity contribution >= 4 is 27.0 Å². The van der Waals surface area contributed by atoms with E-state index >= 15 is 0 Å². The van der Waals surface area contributed by atoms with Gasteiger partial charge >= 0.3 is 6.61 Å². The van der Waals surface area contributed by atoms with Gasteiger partial charge in [0.05, 0.1) is 10.9 Å². The smallest absolute Gasteiger partial charge is 0.387 e. The third-order valence-corrected chi connectivity index (χ3v) is 4.02. The first-order valence-corrected chi connectivity index (χ1v) is 7.78. The van der Waals surface area contributed by atoms with Crippen LogP contribution in [-0.4, -0.2) is 31.7 Å². The first-order chi connectivity index (χ1) is 12.1. The molecule has 0 aliphatic heterocycles. The maximum Gasteiger partial charge on any atom is 0.387 e. The van der Waals surface area contributed by atoms with Crippen LogP contribution in [0.2, 0.25) is 0 Å². The molecule has 25 heavy (non-hydrogen) atoms. The Labute approximate surface area is 147 Å². The number of aromatic nitrogens is 5. The highest BCUT2D eigenvalue weighted by Gasteiger charge is 2.20. The molecule has 3 heterocycles. The molecule has 0 amide bonds. The SMILES string of the molecule is FC(F)Oc1ccccc1-c1noc(-c2ncnc3[nH]cc(Br)c23)n1. The van der Waals surface area contributed by atoms with Crippen molar-refractivity contribution in [3.05, 3.63) is 41.3 Å². The van der Waals surface area contributed by atoms with Gasteiger partial charge in [-0.25, -0.2) is 9.97 Å². The predicted molar refractivity (Wildman–Crippen MR) is 86.9 cm³/mol. The monoisotopic (exact) mass is 407 g/mol. The molecule has 0 fully saturated rings. The molecule has 0 saturated carbocycles. The first-order valence-electron chi connectivity index (χ1n) is 6.99. The van der Waals surface area contributed by atoms with E-state index in [4.69, 9.17) is 4.52 Å². The first kappa shape index (κ1) is 15.6. The molecule has 1 aromatic carbocycles. The van der Waals surface area contributed by atoms with Crippen molar-refractivity contribution in [1.29, 1.82) is 0 Å². The normalized spacial score (nSPS) is 11.4. The Bertz CT molecular complexity index is 1050. The van der Waals surface area contributed by atoms with E-state index in [1.54, 1.807) is 24.4 Å². The molecular weight excluding hydrogens is 400 g/mol. The second-order valence-corrected chi connectivity index (χ2v) is 5.73. The van der Waals surface area contributed by atoms with E-state index in [2.05, 4.69) is 45.8 Å². The number of benzene rings is 1. The molecule has 126 valence electrons. The lowest BCUT2D eigenvalue weighted by atomic mass is 10.2. The summed E-state index contributed by atoms with van der Waals surface area (Å²) in [4.78, 5) is 15.5. The van der Waals surface area contributed by atoms with Crippen LogP contribution in [0.1, 0.15) is 0 Å². The van der Waals surface area contributed by atoms with Crippen LogP contribution in [0.15, 0.2) is 45.8 Å². The number of H-pyrrole nitrogens is 1. The van der Waals surface area contributed by atoms with Gasteiger partial charge < -0.3 is 14.2 Å². The molecule has 0 bridgehead atoms. The summed E-state index contributed by atoms with van der Waals surface area (Å²) >= 11 is 3.40. The highest BCUT2D eigenvalue weighted by Crippen LogP contribution is 2.33. The Balaban J connectivity index is 1.80. The van der Waals surface area contributed by atoms with Crippen molar-refractivity contribution in [3.8, 4) is 28.7 Å². The maximum absolute atomic E-state index is 12.6. The van der Waals surface area contributed by atoms with Crippen LogP contribution in [0, 0.1) is 0 Å². The van der Waals surface area contributed by atoms with E-state index in [9.17, 15) is 8.78 Å². The molecular formula is C15H8BrF2N5O2. The standard InChI is InChI=1S/C15H8BrF2N5O2/c16-8-5-19-13-10(8)11(20-6-21-13)14-22-12(23-25-14)7-3-1-2-4-9(7)24-15(17)18/h1-6,15H,(H,19,20,21). The molecule has 3 aromatic heterocycles. The van der Waals surface area contributed by atoms with Gasteiger partial charge in [0.2, 0.25) is 5.82 Å². The number of hydrogen-bond acceptors (Lipinski definition) is 6. The van der Waals surface area contributed by atoms with Crippen molar-refractivity contribution in [2.75, 3.05) is 0 Å². The van der Waals surface area contributed by atoms with E-state index in [1.807, 2.05) is 0 Å². The van der Waals surface area contributed by atoms with E-state index in [0.29, 0.717) is 16.7 Å². The fraction of sp³-hybridized carbons (Fsp3) is 0.0667. The van der Waals surface area contributed by atoms with E-state index in [1.165, 1.54) is 12.4 Å². The topological polar surface area (TPSA) is 89.7 Å². The molecule has 10 heteroatoms. The van der Waals surface area contributed by atoms with Gasteiger partial charge in [0.15, 0.2) is 0 Å². The highest BCUT2D eigenvalue weighted by molar-refractivity contribution is 9.10. The number of fused-ring (bicyclic) bond motifs is 1. The fourth-order valence-electron chi connectivity index (χ4n) is 2.37. The van der Waals surface area contributed by atoms with Gasteiger partial charge in [-0.2, -0.15) is 13.8 Å². The summed E-state index contributed by atoms with van der Waals surface area (Å²) in [5.74, 6) is 0.208. The molecule has 0 spiro atoms. The Morgan fingerprint density at radius 1 is 1.20 bits per heavy atom. The molecule has 7 nitrogen and oxygen atoms in total. The van der Waals surface area contributed by atoms with Crippen LogP contribution in [0.4, 0.5) is 8.78 Å². The van der Waals surface area contributed by atoms with Crippen LogP contribution in [0.3, 0.4) is 0 Å². The van der Waals surface area contributed by atoms with E-state index < -0.39 is 6.61 Å². The summed E-state index contributed by atoms with van der Waals surface area (Å²) in [6, 6.07) is 6.21. The van der Waals surface area contributed by atoms with Gasteiger partial charge in [0, 0.05) is 10.7 Å². The van der Waals surface area contributed by atoms with Gasteiger partial charge in [-0.15, -0.1) is 0 Å². The minimum Gasteiger partial charge on any atom is -0.434 e. The van der Waals surface area contributed by atoms with Crippen molar-refractivity contribution in [1.82, 2.24) is 25.1 Å². The number of ether oxygens (including phenoxy) is 1. The number of para-hydroxylation sites is 1. The Hall–Kier alpha value is -2.88. The summed E-state index contributed by atoms with van der Waals surface area (Å²) < 4.78 is 35.6. The number of nitrogens with zero attached hydrogens (tertiary/aromatic N) is 4. The Morgan fingerprint density at radius 3 is 2.88 bits per heavy atom. The summed E-state index contributed by atoms with van der Waals surface area (Å²) in [6.45, 7) is -2.95. The van der Waals surface area contributed by atoms with Gasteiger partial charge in [-0.1, -0.05) is 17.3 Å². The van der Waals surface area contributed by atoms with Crippen molar-refractivity contribution in [2.24, 2.45) is 0 Å². The third-order valence-electron chi connectivity index (χ3n) is 3.39. The molecule has 4 rings (SSSR count). The van der Waals surface area contributed by atoms with Crippen molar-refractivity contribution in [2.45, 2.75) is 6.61 Å². The molecule has 4 aromatic rings. The largest absolute Gasteiger partial charge is 0.434 e. The van der Waals surface area contributed by atoms with Gasteiger partial charge in [0.1, 0.15) is 23.4 Å². The van der Waals surface area contributed by atoms with Crippen LogP contribution in [0.5, 0.6) is 5.75 Å². The van der Waals surface area contributed by atoms with Gasteiger partial charge in [0.25, 0.3) is 5.89 Å². The molecule has 0 aliphatic carbocycles. The van der Waals surface area contributed by atoms with Crippen LogP contribution < -0.4 is 4.74 Å². The lowest BCUT2D eigenvalue weighted by Gasteiger charge is -2.07. The summed E-state index contributed by atoms with van der Waals surface area (Å²) in [5, 5.41) is 4.53. The van der Waals surface area contributed by atoms with Crippen molar-refractivity contribution in [3.63, 3.8) is 0 Å². The zero-order valence-corrected chi connectivity index (χ0v) is 13.9. The van der Waals surface area contributed by atoms with Gasteiger partial charge in [-0.05, 0) is 28.1 Å². The molecule has 1 N–H and O–H groups in total. The number of alkyl halides is 2. The van der Waals surface area contributed by atoms with E-state index in [-0.39, 0.29) is 23.0 Å². The van der Waals surface area contributed by atoms with Crippen molar-refractivity contribution < 1.29 is 18.0 Å². The number of hydrogen-bond donors (Lipinski definition) is 1. The summed E-state index contributed by atoms with van der Waals surface area (Å²) in [5.41, 5.74) is 1.30. The number of halogens is 3. The van der Waals surface area contributed by atoms with Gasteiger partial charge in [-0.3, -0.25) is 0 Å². The average molecular weight is 408 g/mol. The summed E-state index contributed by atoms with van der Waals surface area (Å²) in [6.07, 6.45) is 3.07. The quantitative estimate of drug-likeness (QED) is 0.548. The zero-order chi connectivity index (χ0) is 17.4. The minimum absolute atomic E-state index is 0.0412. The Morgan fingerprint density at radius 2 is 2.04 bits per heavy atom. The molecule has 0 radical (unpaired) electrons. The molecule has 0 unspecified atom stereocenters. The Kier molecular flexibility index (Phi) is 3.88. The van der Waals surface area contributed by atoms with Crippen LogP contribution >= 0.6 is 15.9 Å². The molecule has 0 saturated heterocycles. The number of aromatic amines is 1. The lowest BCUT2D eigenvalue weighted by Crippen LogP contribution is -2.03. The third kappa shape index (κ3) is 2.84.